The van der Waals surface area contributed by atoms with Crippen LogP contribution >= 0.6 is 0 Å². The van der Waals surface area contributed by atoms with Gasteiger partial charge in [-0.3, -0.25) is 4.79 Å². The van der Waals surface area contributed by atoms with Gasteiger partial charge in [-0.15, -0.1) is 0 Å². The minimum atomic E-state index is -0.133. The van der Waals surface area contributed by atoms with E-state index in [0.29, 0.717) is 0 Å². The van der Waals surface area contributed by atoms with Gasteiger partial charge in [0.1, 0.15) is 11.8 Å². The molecule has 0 fully saturated rings. The van der Waals surface area contributed by atoms with Gasteiger partial charge in [-0.25, -0.2) is 0 Å². The van der Waals surface area contributed by atoms with E-state index in [4.69, 9.17) is 4.74 Å². The lowest BCUT2D eigenvalue weighted by molar-refractivity contribution is -0.117. The van der Waals surface area contributed by atoms with Gasteiger partial charge in [0.25, 0.3) is 0 Å². The third kappa shape index (κ3) is 1.75. The van der Waals surface area contributed by atoms with Crippen molar-refractivity contribution in [2.24, 2.45) is 0 Å². The van der Waals surface area contributed by atoms with Crippen molar-refractivity contribution in [3.05, 3.63) is 18.2 Å². The molecule has 1 unspecified atom stereocenters. The zero-order valence-electron chi connectivity index (χ0n) is 8.83. The molecule has 1 aromatic rings. The standard InChI is InChI=1S/C11H14N2O2/c1-3-8-11(14)13-10-6-7(15-2)4-5-9(10)12-8/h4-6,8,12H,3H2,1-2H3,(H,13,14). The molecule has 0 bridgehead atoms. The third-order valence-corrected chi connectivity index (χ3v) is 2.54. The molecule has 1 atom stereocenters. The molecule has 1 heterocycles. The van der Waals surface area contributed by atoms with Crippen LogP contribution in [0.25, 0.3) is 0 Å². The molecule has 1 amide bonds. The van der Waals surface area contributed by atoms with Gasteiger partial charge in [-0.05, 0) is 18.6 Å². The number of nitrogens with one attached hydrogen (secondary N) is 2. The topological polar surface area (TPSA) is 50.4 Å². The van der Waals surface area contributed by atoms with Gasteiger partial charge in [0.15, 0.2) is 0 Å². The summed E-state index contributed by atoms with van der Waals surface area (Å²) < 4.78 is 5.09. The Morgan fingerprint density at radius 3 is 2.87 bits per heavy atom. The zero-order chi connectivity index (χ0) is 10.8. The number of carbonyl (C=O) groups excluding carboxylic acids is 1. The highest BCUT2D eigenvalue weighted by molar-refractivity contribution is 6.03. The van der Waals surface area contributed by atoms with Gasteiger partial charge in [0.05, 0.1) is 18.5 Å². The Morgan fingerprint density at radius 2 is 2.20 bits per heavy atom. The molecule has 0 aliphatic carbocycles. The van der Waals surface area contributed by atoms with Crippen LogP contribution in [0.5, 0.6) is 5.75 Å². The fraction of sp³-hybridized carbons (Fsp3) is 0.364. The van der Waals surface area contributed by atoms with E-state index in [2.05, 4.69) is 10.6 Å². The first-order valence-electron chi connectivity index (χ1n) is 5.00. The summed E-state index contributed by atoms with van der Waals surface area (Å²) in [7, 11) is 1.61. The summed E-state index contributed by atoms with van der Waals surface area (Å²) in [4.78, 5) is 11.6. The minimum Gasteiger partial charge on any atom is -0.497 e. The van der Waals surface area contributed by atoms with Crippen LogP contribution in [-0.2, 0) is 4.79 Å². The van der Waals surface area contributed by atoms with Crippen LogP contribution in [0.4, 0.5) is 11.4 Å². The smallest absolute Gasteiger partial charge is 0.246 e. The highest BCUT2D eigenvalue weighted by Crippen LogP contribution is 2.30. The van der Waals surface area contributed by atoms with Crippen molar-refractivity contribution in [1.82, 2.24) is 0 Å². The maximum absolute atomic E-state index is 11.6. The fourth-order valence-corrected chi connectivity index (χ4v) is 1.64. The van der Waals surface area contributed by atoms with E-state index in [1.54, 1.807) is 7.11 Å². The number of fused-ring (bicyclic) bond motifs is 1. The van der Waals surface area contributed by atoms with E-state index < -0.39 is 0 Å². The summed E-state index contributed by atoms with van der Waals surface area (Å²) in [5.74, 6) is 0.754. The van der Waals surface area contributed by atoms with Gasteiger partial charge in [-0.1, -0.05) is 6.92 Å². The van der Waals surface area contributed by atoms with Crippen LogP contribution < -0.4 is 15.4 Å². The average molecular weight is 206 g/mol. The van der Waals surface area contributed by atoms with Crippen molar-refractivity contribution >= 4 is 17.3 Å². The Hall–Kier alpha value is -1.71. The predicted molar refractivity (Wildman–Crippen MR) is 59.3 cm³/mol. The number of hydrogen-bond donors (Lipinski definition) is 2. The maximum atomic E-state index is 11.6. The fourth-order valence-electron chi connectivity index (χ4n) is 1.64. The Morgan fingerprint density at radius 1 is 1.40 bits per heavy atom. The second-order valence-electron chi connectivity index (χ2n) is 3.51. The van der Waals surface area contributed by atoms with Crippen molar-refractivity contribution in [2.45, 2.75) is 19.4 Å². The summed E-state index contributed by atoms with van der Waals surface area (Å²) in [6.45, 7) is 1.98. The lowest BCUT2D eigenvalue weighted by Crippen LogP contribution is -2.38. The van der Waals surface area contributed by atoms with Crippen molar-refractivity contribution in [2.75, 3.05) is 17.7 Å². The monoisotopic (exact) mass is 206 g/mol. The Balaban J connectivity index is 2.32. The normalized spacial score (nSPS) is 18.8. The van der Waals surface area contributed by atoms with Crippen LogP contribution in [0.1, 0.15) is 13.3 Å². The van der Waals surface area contributed by atoms with Gasteiger partial charge < -0.3 is 15.4 Å². The van der Waals surface area contributed by atoms with E-state index in [1.165, 1.54) is 0 Å². The molecule has 80 valence electrons. The molecule has 0 radical (unpaired) electrons. The molecule has 0 saturated heterocycles. The molecule has 1 aromatic carbocycles. The minimum absolute atomic E-state index is 0.0123. The molecular weight excluding hydrogens is 192 g/mol. The largest absolute Gasteiger partial charge is 0.497 e. The number of methoxy groups -OCH3 is 1. The second-order valence-corrected chi connectivity index (χ2v) is 3.51. The van der Waals surface area contributed by atoms with Crippen molar-refractivity contribution in [1.29, 1.82) is 0 Å². The highest BCUT2D eigenvalue weighted by atomic mass is 16.5. The second kappa shape index (κ2) is 3.81. The highest BCUT2D eigenvalue weighted by Gasteiger charge is 2.23. The molecule has 4 heteroatoms. The number of rotatable bonds is 2. The first-order valence-corrected chi connectivity index (χ1v) is 5.00. The SMILES string of the molecule is CCC1Nc2ccc(OC)cc2NC1=O. The number of carbonyl (C=O) groups is 1. The number of ether oxygens (including phenoxy) is 1. The molecule has 2 N–H and O–H groups in total. The maximum Gasteiger partial charge on any atom is 0.246 e. The van der Waals surface area contributed by atoms with Gasteiger partial charge >= 0.3 is 0 Å². The summed E-state index contributed by atoms with van der Waals surface area (Å²) in [6.07, 6.45) is 0.775. The molecule has 0 saturated carbocycles. The van der Waals surface area contributed by atoms with Crippen LogP contribution in [-0.4, -0.2) is 19.1 Å². The lowest BCUT2D eigenvalue weighted by atomic mass is 10.1. The van der Waals surface area contributed by atoms with Crippen molar-refractivity contribution in [3.8, 4) is 5.75 Å². The first-order chi connectivity index (χ1) is 7.24. The summed E-state index contributed by atoms with van der Waals surface area (Å²) in [6, 6.07) is 5.46. The van der Waals surface area contributed by atoms with E-state index >= 15 is 0 Å². The lowest BCUT2D eigenvalue weighted by Gasteiger charge is -2.26. The van der Waals surface area contributed by atoms with E-state index in [1.807, 2.05) is 25.1 Å². The quantitative estimate of drug-likeness (QED) is 0.776. The van der Waals surface area contributed by atoms with Crippen LogP contribution in [0.3, 0.4) is 0 Å². The molecule has 1 aliphatic heterocycles. The number of amides is 1. The first kappa shape index (κ1) is 9.83. The summed E-state index contributed by atoms with van der Waals surface area (Å²) in [5.41, 5.74) is 1.73. The Bertz CT molecular complexity index is 390. The molecule has 0 spiro atoms. The molecule has 0 aromatic heterocycles. The van der Waals surface area contributed by atoms with Crippen LogP contribution in [0.2, 0.25) is 0 Å². The average Bonchev–Trinajstić information content (AvgIpc) is 2.27. The molecule has 4 nitrogen and oxygen atoms in total. The molecule has 15 heavy (non-hydrogen) atoms. The zero-order valence-corrected chi connectivity index (χ0v) is 8.83. The molecule has 2 rings (SSSR count). The van der Waals surface area contributed by atoms with E-state index in [0.717, 1.165) is 23.5 Å². The van der Waals surface area contributed by atoms with E-state index in [9.17, 15) is 4.79 Å². The van der Waals surface area contributed by atoms with Gasteiger partial charge in [0, 0.05) is 6.07 Å². The Kier molecular flexibility index (Phi) is 2.49. The van der Waals surface area contributed by atoms with Gasteiger partial charge in [-0.2, -0.15) is 0 Å². The molecular formula is C11H14N2O2. The third-order valence-electron chi connectivity index (χ3n) is 2.54. The number of benzene rings is 1. The number of hydrogen-bond acceptors (Lipinski definition) is 3. The van der Waals surface area contributed by atoms with Crippen LogP contribution in [0.15, 0.2) is 18.2 Å². The Labute approximate surface area is 88.6 Å². The number of anilines is 2. The summed E-state index contributed by atoms with van der Waals surface area (Å²) >= 11 is 0. The summed E-state index contributed by atoms with van der Waals surface area (Å²) in [5, 5.41) is 6.03. The van der Waals surface area contributed by atoms with E-state index in [-0.39, 0.29) is 11.9 Å². The van der Waals surface area contributed by atoms with Crippen molar-refractivity contribution in [3.63, 3.8) is 0 Å². The van der Waals surface area contributed by atoms with Gasteiger partial charge in [0.2, 0.25) is 5.91 Å². The van der Waals surface area contributed by atoms with Crippen LogP contribution in [0, 0.1) is 0 Å². The predicted octanol–water partition coefficient (Wildman–Crippen LogP) is 1.84. The molecule has 1 aliphatic rings. The van der Waals surface area contributed by atoms with Crippen molar-refractivity contribution < 1.29 is 9.53 Å².